The number of nitrogens with one attached hydrogen (secondary N) is 2. The Kier molecular flexibility index (Phi) is 7.67. The molecule has 4 N–H and O–H groups in total. The number of rotatable bonds is 7. The Morgan fingerprint density at radius 1 is 1.12 bits per heavy atom. The van der Waals surface area contributed by atoms with Gasteiger partial charge in [0, 0.05) is 23.3 Å². The highest BCUT2D eigenvalue weighted by Crippen LogP contribution is 2.14. The van der Waals surface area contributed by atoms with E-state index in [1.165, 1.54) is 6.26 Å². The number of carbonyl (C=O) groups is 2. The van der Waals surface area contributed by atoms with Crippen molar-refractivity contribution in [1.29, 1.82) is 0 Å². The molecule has 0 unspecified atom stereocenters. The zero-order valence-corrected chi connectivity index (χ0v) is 15.2. The van der Waals surface area contributed by atoms with Crippen molar-refractivity contribution in [2.75, 3.05) is 11.9 Å². The van der Waals surface area contributed by atoms with E-state index < -0.39 is 5.54 Å². The minimum Gasteiger partial charge on any atom is -0.459 e. The van der Waals surface area contributed by atoms with Crippen LogP contribution in [0.25, 0.3) is 0 Å². The van der Waals surface area contributed by atoms with Gasteiger partial charge in [-0.3, -0.25) is 9.59 Å². The third kappa shape index (κ3) is 5.62. The van der Waals surface area contributed by atoms with Gasteiger partial charge >= 0.3 is 0 Å². The van der Waals surface area contributed by atoms with Crippen LogP contribution in [0.2, 0.25) is 0 Å². The van der Waals surface area contributed by atoms with E-state index in [0.29, 0.717) is 17.8 Å². The molecule has 0 bridgehead atoms. The third-order valence-corrected chi connectivity index (χ3v) is 4.14. The topological polar surface area (TPSA) is 97.4 Å². The van der Waals surface area contributed by atoms with Gasteiger partial charge in [-0.2, -0.15) is 0 Å². The molecule has 0 fully saturated rings. The standard InChI is InChI=1S/C18H23N3O3.ClH/c1-3-18(19,4-2)12-20-16(22)13-7-5-8-14(11-13)21-17(23)15-9-6-10-24-15;/h5-11H,3-4,12,19H2,1-2H3,(H,20,22)(H,21,23);1H. The second-order valence-electron chi connectivity index (χ2n) is 5.76. The summed E-state index contributed by atoms with van der Waals surface area (Å²) in [5.74, 6) is -0.375. The van der Waals surface area contributed by atoms with E-state index in [-0.39, 0.29) is 30.0 Å². The Bertz CT molecular complexity index is 697. The van der Waals surface area contributed by atoms with Crippen LogP contribution in [0, 0.1) is 0 Å². The van der Waals surface area contributed by atoms with Crippen LogP contribution in [0.5, 0.6) is 0 Å². The smallest absolute Gasteiger partial charge is 0.291 e. The first-order chi connectivity index (χ1) is 11.5. The van der Waals surface area contributed by atoms with Crippen molar-refractivity contribution in [3.63, 3.8) is 0 Å². The summed E-state index contributed by atoms with van der Waals surface area (Å²) in [4.78, 5) is 24.3. The van der Waals surface area contributed by atoms with Gasteiger partial charge in [-0.25, -0.2) is 0 Å². The average molecular weight is 366 g/mol. The third-order valence-electron chi connectivity index (χ3n) is 4.14. The van der Waals surface area contributed by atoms with Gasteiger partial charge < -0.3 is 20.8 Å². The van der Waals surface area contributed by atoms with Crippen molar-refractivity contribution in [1.82, 2.24) is 5.32 Å². The molecule has 7 heteroatoms. The van der Waals surface area contributed by atoms with E-state index in [2.05, 4.69) is 10.6 Å². The van der Waals surface area contributed by atoms with Crippen molar-refractivity contribution >= 4 is 29.9 Å². The molecule has 0 spiro atoms. The molecule has 0 aliphatic carbocycles. The molecule has 0 aliphatic rings. The molecular weight excluding hydrogens is 342 g/mol. The van der Waals surface area contributed by atoms with E-state index in [1.54, 1.807) is 36.4 Å². The zero-order valence-electron chi connectivity index (χ0n) is 14.4. The molecule has 0 radical (unpaired) electrons. The molecule has 6 nitrogen and oxygen atoms in total. The number of hydrogen-bond acceptors (Lipinski definition) is 4. The Hall–Kier alpha value is -2.31. The van der Waals surface area contributed by atoms with Crippen LogP contribution in [0.1, 0.15) is 47.6 Å². The van der Waals surface area contributed by atoms with E-state index in [4.69, 9.17) is 10.2 Å². The van der Waals surface area contributed by atoms with E-state index >= 15 is 0 Å². The second-order valence-corrected chi connectivity index (χ2v) is 5.76. The fourth-order valence-electron chi connectivity index (χ4n) is 2.20. The lowest BCUT2D eigenvalue weighted by atomic mass is 9.94. The summed E-state index contributed by atoms with van der Waals surface area (Å²) in [5, 5.41) is 5.55. The highest BCUT2D eigenvalue weighted by atomic mass is 35.5. The van der Waals surface area contributed by atoms with Crippen LogP contribution < -0.4 is 16.4 Å². The minimum absolute atomic E-state index is 0. The summed E-state index contributed by atoms with van der Waals surface area (Å²) in [6, 6.07) is 9.94. The summed E-state index contributed by atoms with van der Waals surface area (Å²) in [5.41, 5.74) is 6.77. The van der Waals surface area contributed by atoms with Gasteiger partial charge in [-0.1, -0.05) is 19.9 Å². The summed E-state index contributed by atoms with van der Waals surface area (Å²) in [7, 11) is 0. The van der Waals surface area contributed by atoms with Crippen LogP contribution in [-0.2, 0) is 0 Å². The number of anilines is 1. The number of nitrogens with two attached hydrogens (primary N) is 1. The summed E-state index contributed by atoms with van der Waals surface area (Å²) in [6.45, 7) is 4.41. The van der Waals surface area contributed by atoms with Crippen molar-refractivity contribution in [3.8, 4) is 0 Å². The maximum atomic E-state index is 12.3. The van der Waals surface area contributed by atoms with E-state index in [9.17, 15) is 9.59 Å². The van der Waals surface area contributed by atoms with E-state index in [1.807, 2.05) is 13.8 Å². The molecule has 1 aromatic carbocycles. The van der Waals surface area contributed by atoms with Gasteiger partial charge in [0.25, 0.3) is 11.8 Å². The van der Waals surface area contributed by atoms with Gasteiger partial charge in [-0.05, 0) is 43.2 Å². The van der Waals surface area contributed by atoms with Gasteiger partial charge in [0.1, 0.15) is 0 Å². The summed E-state index contributed by atoms with van der Waals surface area (Å²) < 4.78 is 5.04. The number of carbonyl (C=O) groups excluding carboxylic acids is 2. The number of furan rings is 1. The molecule has 1 heterocycles. The molecule has 2 aromatic rings. The molecule has 0 aliphatic heterocycles. The van der Waals surface area contributed by atoms with Crippen LogP contribution in [0.15, 0.2) is 47.1 Å². The van der Waals surface area contributed by atoms with Crippen molar-refractivity contribution in [3.05, 3.63) is 54.0 Å². The second kappa shape index (κ2) is 9.25. The number of amides is 2. The maximum absolute atomic E-state index is 12.3. The van der Waals surface area contributed by atoms with Crippen molar-refractivity contribution in [2.24, 2.45) is 5.73 Å². The van der Waals surface area contributed by atoms with E-state index in [0.717, 1.165) is 12.8 Å². The van der Waals surface area contributed by atoms with Gasteiger partial charge in [-0.15, -0.1) is 12.4 Å². The lowest BCUT2D eigenvalue weighted by molar-refractivity contribution is 0.0940. The Labute approximate surface area is 153 Å². The van der Waals surface area contributed by atoms with Crippen LogP contribution in [0.3, 0.4) is 0 Å². The monoisotopic (exact) mass is 365 g/mol. The predicted octanol–water partition coefficient (Wildman–Crippen LogP) is 3.20. The van der Waals surface area contributed by atoms with Crippen LogP contribution in [0.4, 0.5) is 5.69 Å². The Morgan fingerprint density at radius 3 is 2.44 bits per heavy atom. The highest BCUT2D eigenvalue weighted by Gasteiger charge is 2.21. The van der Waals surface area contributed by atoms with Gasteiger partial charge in [0.05, 0.1) is 6.26 Å². The molecule has 0 saturated carbocycles. The largest absolute Gasteiger partial charge is 0.459 e. The lowest BCUT2D eigenvalue weighted by Crippen LogP contribution is -2.49. The molecular formula is C18H24ClN3O3. The Morgan fingerprint density at radius 2 is 1.84 bits per heavy atom. The number of benzene rings is 1. The first-order valence-corrected chi connectivity index (χ1v) is 7.99. The molecule has 0 atom stereocenters. The number of halogens is 1. The first-order valence-electron chi connectivity index (χ1n) is 7.99. The molecule has 0 saturated heterocycles. The first kappa shape index (κ1) is 20.7. The Balaban J connectivity index is 0.00000312. The minimum atomic E-state index is -0.402. The lowest BCUT2D eigenvalue weighted by Gasteiger charge is -2.26. The summed E-state index contributed by atoms with van der Waals surface area (Å²) >= 11 is 0. The fraction of sp³-hybridized carbons (Fsp3) is 0.333. The SMILES string of the molecule is CCC(N)(CC)CNC(=O)c1cccc(NC(=O)c2ccco2)c1.Cl. The van der Waals surface area contributed by atoms with Crippen molar-refractivity contribution < 1.29 is 14.0 Å². The molecule has 2 amide bonds. The van der Waals surface area contributed by atoms with Crippen LogP contribution in [-0.4, -0.2) is 23.9 Å². The van der Waals surface area contributed by atoms with Gasteiger partial charge in [0.2, 0.25) is 0 Å². The van der Waals surface area contributed by atoms with Gasteiger partial charge in [0.15, 0.2) is 5.76 Å². The zero-order chi connectivity index (χ0) is 17.6. The van der Waals surface area contributed by atoms with Crippen molar-refractivity contribution in [2.45, 2.75) is 32.2 Å². The highest BCUT2D eigenvalue weighted by molar-refractivity contribution is 6.03. The quantitative estimate of drug-likeness (QED) is 0.701. The number of hydrogen-bond donors (Lipinski definition) is 3. The average Bonchev–Trinajstić information content (AvgIpc) is 3.14. The predicted molar refractivity (Wildman–Crippen MR) is 100 cm³/mol. The molecule has 2 rings (SSSR count). The molecule has 136 valence electrons. The normalized spacial score (nSPS) is 10.7. The van der Waals surface area contributed by atoms with Crippen LogP contribution >= 0.6 is 12.4 Å². The molecule has 25 heavy (non-hydrogen) atoms. The fourth-order valence-corrected chi connectivity index (χ4v) is 2.20. The maximum Gasteiger partial charge on any atom is 0.291 e. The summed E-state index contributed by atoms with van der Waals surface area (Å²) in [6.07, 6.45) is 2.99. The molecule has 1 aromatic heterocycles.